The minimum atomic E-state index is -0.469. The van der Waals surface area contributed by atoms with Gasteiger partial charge >= 0.3 is 0 Å². The third kappa shape index (κ3) is 7.19. The standard InChI is InChI=1S/C23H27ClFN3O2/c1-5-6-22(27-23(29)20-12-19(25)9-7-16(20)4)28-26-13-17-11-18(24)8-10-21(17)30-14-15(2)3/h5-12,15,26H,13-14H2,1-4H3,(H,27,28,29)/b6-5+. The van der Waals surface area contributed by atoms with Gasteiger partial charge < -0.3 is 15.5 Å². The molecule has 160 valence electrons. The van der Waals surface area contributed by atoms with E-state index in [1.165, 1.54) is 12.1 Å². The number of benzene rings is 2. The Balaban J connectivity index is 2.11. The second-order valence-corrected chi connectivity index (χ2v) is 7.64. The Hall–Kier alpha value is -2.86. The van der Waals surface area contributed by atoms with Crippen LogP contribution in [0.2, 0.25) is 5.02 Å². The number of rotatable bonds is 8. The van der Waals surface area contributed by atoms with E-state index in [9.17, 15) is 9.18 Å². The van der Waals surface area contributed by atoms with Gasteiger partial charge in [0.15, 0.2) is 5.84 Å². The molecule has 0 bridgehead atoms. The highest BCUT2D eigenvalue weighted by Gasteiger charge is 2.12. The van der Waals surface area contributed by atoms with Crippen LogP contribution in [0.1, 0.15) is 42.3 Å². The highest BCUT2D eigenvalue weighted by Crippen LogP contribution is 2.23. The van der Waals surface area contributed by atoms with Crippen LogP contribution < -0.4 is 15.5 Å². The molecular formula is C23H27ClFN3O2. The number of carbonyl (C=O) groups is 1. The number of amidine groups is 1. The third-order valence-corrected chi connectivity index (χ3v) is 4.31. The Morgan fingerprint density at radius 3 is 2.73 bits per heavy atom. The predicted octanol–water partition coefficient (Wildman–Crippen LogP) is 5.23. The van der Waals surface area contributed by atoms with E-state index in [2.05, 4.69) is 29.7 Å². The molecule has 0 aliphatic rings. The monoisotopic (exact) mass is 431 g/mol. The zero-order valence-electron chi connectivity index (χ0n) is 17.6. The van der Waals surface area contributed by atoms with E-state index in [-0.39, 0.29) is 5.56 Å². The largest absolute Gasteiger partial charge is 0.493 e. The summed E-state index contributed by atoms with van der Waals surface area (Å²) in [7, 11) is 0. The summed E-state index contributed by atoms with van der Waals surface area (Å²) in [5.41, 5.74) is 4.71. The van der Waals surface area contributed by atoms with E-state index >= 15 is 0 Å². The van der Waals surface area contributed by atoms with Gasteiger partial charge in [-0.1, -0.05) is 37.6 Å². The lowest BCUT2D eigenvalue weighted by Gasteiger charge is -2.14. The van der Waals surface area contributed by atoms with Gasteiger partial charge in [-0.05, 0) is 61.7 Å². The van der Waals surface area contributed by atoms with Gasteiger partial charge in [0.25, 0.3) is 5.91 Å². The Morgan fingerprint density at radius 2 is 2.03 bits per heavy atom. The molecular weight excluding hydrogens is 405 g/mol. The van der Waals surface area contributed by atoms with Crippen molar-refractivity contribution in [3.05, 3.63) is 76.1 Å². The van der Waals surface area contributed by atoms with Crippen molar-refractivity contribution in [3.63, 3.8) is 0 Å². The van der Waals surface area contributed by atoms with Crippen LogP contribution in [-0.4, -0.2) is 18.3 Å². The molecule has 0 aliphatic heterocycles. The smallest absolute Gasteiger partial charge is 0.257 e. The zero-order valence-corrected chi connectivity index (χ0v) is 18.4. The highest BCUT2D eigenvalue weighted by molar-refractivity contribution is 6.30. The summed E-state index contributed by atoms with van der Waals surface area (Å²) in [6, 6.07) is 9.49. The lowest BCUT2D eigenvalue weighted by molar-refractivity contribution is 0.0976. The lowest BCUT2D eigenvalue weighted by Crippen LogP contribution is -2.31. The van der Waals surface area contributed by atoms with Crippen LogP contribution in [0.3, 0.4) is 0 Å². The average Bonchev–Trinajstić information content (AvgIpc) is 2.69. The predicted molar refractivity (Wildman–Crippen MR) is 119 cm³/mol. The van der Waals surface area contributed by atoms with E-state index in [0.717, 1.165) is 11.3 Å². The van der Waals surface area contributed by atoms with Crippen molar-refractivity contribution >= 4 is 23.3 Å². The van der Waals surface area contributed by atoms with Crippen LogP contribution in [-0.2, 0) is 6.54 Å². The van der Waals surface area contributed by atoms with Crippen molar-refractivity contribution in [1.82, 2.24) is 10.7 Å². The van der Waals surface area contributed by atoms with Crippen molar-refractivity contribution in [2.24, 2.45) is 11.0 Å². The average molecular weight is 432 g/mol. The highest BCUT2D eigenvalue weighted by atomic mass is 35.5. The van der Waals surface area contributed by atoms with Gasteiger partial charge in [0.2, 0.25) is 0 Å². The summed E-state index contributed by atoms with van der Waals surface area (Å²) < 4.78 is 19.3. The third-order valence-electron chi connectivity index (χ3n) is 4.07. The Morgan fingerprint density at radius 1 is 1.27 bits per heavy atom. The molecule has 5 nitrogen and oxygen atoms in total. The fourth-order valence-electron chi connectivity index (χ4n) is 2.58. The maximum atomic E-state index is 13.5. The number of amides is 1. The van der Waals surface area contributed by atoms with E-state index in [4.69, 9.17) is 16.3 Å². The minimum absolute atomic E-state index is 0.256. The van der Waals surface area contributed by atoms with E-state index in [0.29, 0.717) is 35.5 Å². The van der Waals surface area contributed by atoms with E-state index in [1.54, 1.807) is 31.2 Å². The first-order valence-electron chi connectivity index (χ1n) is 9.72. The molecule has 0 aromatic heterocycles. The summed E-state index contributed by atoms with van der Waals surface area (Å²) in [6.07, 6.45) is 3.39. The number of carbonyl (C=O) groups excluding carboxylic acids is 1. The molecule has 0 fully saturated rings. The summed E-state index contributed by atoms with van der Waals surface area (Å²) in [5, 5.41) is 7.53. The minimum Gasteiger partial charge on any atom is -0.493 e. The van der Waals surface area contributed by atoms with Crippen LogP contribution >= 0.6 is 11.6 Å². The maximum absolute atomic E-state index is 13.5. The SMILES string of the molecule is C/C=C/C(=N\NCc1cc(Cl)ccc1OCC(C)C)NC(=O)c1cc(F)ccc1C. The number of hydrogen-bond donors (Lipinski definition) is 2. The number of halogens is 2. The van der Waals surface area contributed by atoms with Crippen LogP contribution in [0.4, 0.5) is 4.39 Å². The number of allylic oxidation sites excluding steroid dienone is 1. The summed E-state index contributed by atoms with van der Waals surface area (Å²) in [6.45, 7) is 8.64. The fraction of sp³-hybridized carbons (Fsp3) is 0.304. The molecule has 2 N–H and O–H groups in total. The Bertz CT molecular complexity index is 942. The number of hydrazone groups is 1. The summed E-state index contributed by atoms with van der Waals surface area (Å²) >= 11 is 6.12. The normalized spacial score (nSPS) is 11.8. The quantitative estimate of drug-likeness (QED) is 0.341. The topological polar surface area (TPSA) is 62.7 Å². The first-order valence-corrected chi connectivity index (χ1v) is 10.1. The second kappa shape index (κ2) is 11.4. The number of ether oxygens (including phenoxy) is 1. The van der Waals surface area contributed by atoms with Crippen molar-refractivity contribution in [2.75, 3.05) is 6.61 Å². The lowest BCUT2D eigenvalue weighted by atomic mass is 10.1. The molecule has 2 aromatic carbocycles. The molecule has 7 heteroatoms. The van der Waals surface area contributed by atoms with Crippen LogP contribution in [0.25, 0.3) is 0 Å². The Labute approximate surface area is 182 Å². The van der Waals surface area contributed by atoms with Gasteiger partial charge in [0.05, 0.1) is 13.2 Å². The Kier molecular flexibility index (Phi) is 8.87. The number of aryl methyl sites for hydroxylation is 1. The molecule has 0 saturated heterocycles. The van der Waals surface area contributed by atoms with Crippen molar-refractivity contribution < 1.29 is 13.9 Å². The van der Waals surface area contributed by atoms with Crippen molar-refractivity contribution in [2.45, 2.75) is 34.2 Å². The molecule has 2 rings (SSSR count). The molecule has 2 aromatic rings. The molecule has 0 unspecified atom stereocenters. The van der Waals surface area contributed by atoms with Gasteiger partial charge in [-0.25, -0.2) is 4.39 Å². The molecule has 0 heterocycles. The first-order chi connectivity index (χ1) is 14.3. The van der Waals surface area contributed by atoms with Gasteiger partial charge in [-0.15, -0.1) is 0 Å². The number of hydrogen-bond acceptors (Lipinski definition) is 4. The number of nitrogens with zero attached hydrogens (tertiary/aromatic N) is 1. The summed E-state index contributed by atoms with van der Waals surface area (Å²) in [4.78, 5) is 12.5. The van der Waals surface area contributed by atoms with Crippen LogP contribution in [0.15, 0.2) is 53.7 Å². The first kappa shape index (κ1) is 23.4. The number of nitrogens with one attached hydrogen (secondary N) is 2. The van der Waals surface area contributed by atoms with Gasteiger partial charge in [0.1, 0.15) is 11.6 Å². The molecule has 0 spiro atoms. The van der Waals surface area contributed by atoms with Crippen LogP contribution in [0.5, 0.6) is 5.75 Å². The molecule has 0 radical (unpaired) electrons. The molecule has 0 atom stereocenters. The molecule has 30 heavy (non-hydrogen) atoms. The fourth-order valence-corrected chi connectivity index (χ4v) is 2.78. The van der Waals surface area contributed by atoms with E-state index in [1.807, 2.05) is 19.1 Å². The molecule has 0 aliphatic carbocycles. The van der Waals surface area contributed by atoms with Gasteiger partial charge in [-0.3, -0.25) is 4.79 Å². The summed E-state index contributed by atoms with van der Waals surface area (Å²) in [5.74, 6) is 0.514. The second-order valence-electron chi connectivity index (χ2n) is 7.20. The molecule has 1 amide bonds. The molecule has 0 saturated carbocycles. The van der Waals surface area contributed by atoms with Gasteiger partial charge in [-0.2, -0.15) is 5.10 Å². The maximum Gasteiger partial charge on any atom is 0.257 e. The van der Waals surface area contributed by atoms with Crippen molar-refractivity contribution in [1.29, 1.82) is 0 Å². The zero-order chi connectivity index (χ0) is 22.1. The van der Waals surface area contributed by atoms with Crippen LogP contribution in [0, 0.1) is 18.7 Å². The van der Waals surface area contributed by atoms with E-state index < -0.39 is 11.7 Å². The van der Waals surface area contributed by atoms with Gasteiger partial charge in [0, 0.05) is 16.1 Å². The van der Waals surface area contributed by atoms with Crippen molar-refractivity contribution in [3.8, 4) is 5.75 Å².